The van der Waals surface area contributed by atoms with Crippen molar-refractivity contribution in [1.82, 2.24) is 9.97 Å². The molecule has 0 unspecified atom stereocenters. The smallest absolute Gasteiger partial charge is 0.162 e. The number of nitrogens with two attached hydrogens (primary N) is 1. The number of aromatic nitrogens is 2. The van der Waals surface area contributed by atoms with E-state index in [0.29, 0.717) is 0 Å². The quantitative estimate of drug-likeness (QED) is 0.660. The number of nitrogens with one attached hydrogen (secondary N) is 1. The fraction of sp³-hybridized carbons (Fsp3) is 0.286. The number of anilines is 1. The number of nitrogen functional groups attached to an aromatic ring is 1. The Kier molecular flexibility index (Phi) is 3.24. The maximum Gasteiger partial charge on any atom is 0.162 e. The van der Waals surface area contributed by atoms with Crippen LogP contribution in [0.1, 0.15) is 23.2 Å². The first-order valence-electron chi connectivity index (χ1n) is 6.32. The van der Waals surface area contributed by atoms with Crippen molar-refractivity contribution in [2.75, 3.05) is 5.43 Å². The van der Waals surface area contributed by atoms with Crippen molar-refractivity contribution >= 4 is 21.7 Å². The molecule has 0 saturated carbocycles. The van der Waals surface area contributed by atoms with Gasteiger partial charge in [0.05, 0.1) is 0 Å². The molecule has 98 valence electrons. The van der Waals surface area contributed by atoms with Gasteiger partial charge in [-0.3, -0.25) is 0 Å². The van der Waals surface area contributed by atoms with E-state index in [4.69, 9.17) is 5.84 Å². The van der Waals surface area contributed by atoms with Gasteiger partial charge in [0.25, 0.3) is 0 Å². The molecule has 0 saturated heterocycles. The summed E-state index contributed by atoms with van der Waals surface area (Å²) < 4.78 is 1.01. The lowest BCUT2D eigenvalue weighted by molar-refractivity contribution is 0.900. The average Bonchev–Trinajstić information content (AvgIpc) is 2.85. The average molecular weight is 319 g/mol. The molecule has 3 rings (SSSR count). The summed E-state index contributed by atoms with van der Waals surface area (Å²) in [4.78, 5) is 9.23. The number of halogens is 1. The Hall–Kier alpha value is -1.46. The van der Waals surface area contributed by atoms with Crippen LogP contribution in [0.2, 0.25) is 0 Å². The van der Waals surface area contributed by atoms with Crippen LogP contribution in [-0.4, -0.2) is 9.97 Å². The number of rotatable bonds is 2. The Morgan fingerprint density at radius 3 is 2.84 bits per heavy atom. The zero-order valence-electron chi connectivity index (χ0n) is 10.7. The van der Waals surface area contributed by atoms with Gasteiger partial charge in [-0.05, 0) is 43.9 Å². The maximum atomic E-state index is 5.58. The minimum absolute atomic E-state index is 0.723. The molecule has 0 spiro atoms. The molecule has 19 heavy (non-hydrogen) atoms. The predicted molar refractivity (Wildman–Crippen MR) is 79.7 cm³/mol. The number of hydrogen-bond acceptors (Lipinski definition) is 4. The van der Waals surface area contributed by atoms with E-state index in [-0.39, 0.29) is 0 Å². The number of nitrogens with zero attached hydrogens (tertiary/aromatic N) is 2. The van der Waals surface area contributed by atoms with Crippen molar-refractivity contribution in [3.05, 3.63) is 39.5 Å². The van der Waals surface area contributed by atoms with Crippen LogP contribution < -0.4 is 11.3 Å². The van der Waals surface area contributed by atoms with Crippen LogP contribution in [0, 0.1) is 6.92 Å². The monoisotopic (exact) mass is 318 g/mol. The summed E-state index contributed by atoms with van der Waals surface area (Å²) >= 11 is 3.58. The van der Waals surface area contributed by atoms with Crippen LogP contribution in [0.4, 0.5) is 5.82 Å². The molecule has 4 nitrogen and oxygen atoms in total. The Balaban J connectivity index is 2.15. The molecule has 0 bridgehead atoms. The molecule has 1 aromatic heterocycles. The lowest BCUT2D eigenvalue weighted by Gasteiger charge is -2.10. The van der Waals surface area contributed by atoms with Gasteiger partial charge in [0, 0.05) is 21.3 Å². The Morgan fingerprint density at radius 1 is 1.26 bits per heavy atom. The molecule has 0 atom stereocenters. The third kappa shape index (κ3) is 2.24. The van der Waals surface area contributed by atoms with Crippen LogP contribution in [0.25, 0.3) is 11.4 Å². The van der Waals surface area contributed by atoms with Gasteiger partial charge in [-0.25, -0.2) is 15.8 Å². The fourth-order valence-corrected chi connectivity index (χ4v) is 3.14. The molecular weight excluding hydrogens is 304 g/mol. The summed E-state index contributed by atoms with van der Waals surface area (Å²) in [7, 11) is 0. The normalized spacial score (nSPS) is 13.4. The first-order valence-corrected chi connectivity index (χ1v) is 7.11. The van der Waals surface area contributed by atoms with Crippen LogP contribution >= 0.6 is 15.9 Å². The van der Waals surface area contributed by atoms with E-state index in [1.54, 1.807) is 0 Å². The topological polar surface area (TPSA) is 63.8 Å². The lowest BCUT2D eigenvalue weighted by atomic mass is 10.1. The second kappa shape index (κ2) is 4.90. The van der Waals surface area contributed by atoms with E-state index in [1.165, 1.54) is 5.56 Å². The molecule has 2 aromatic rings. The molecule has 5 heteroatoms. The van der Waals surface area contributed by atoms with Gasteiger partial charge in [0.15, 0.2) is 5.82 Å². The zero-order valence-corrected chi connectivity index (χ0v) is 12.3. The molecular formula is C14H15BrN4. The molecule has 1 aliphatic carbocycles. The highest BCUT2D eigenvalue weighted by atomic mass is 79.9. The van der Waals surface area contributed by atoms with Crippen molar-refractivity contribution in [3.8, 4) is 11.4 Å². The molecule has 0 radical (unpaired) electrons. The fourth-order valence-electron chi connectivity index (χ4n) is 2.47. The van der Waals surface area contributed by atoms with Crippen LogP contribution in [-0.2, 0) is 12.8 Å². The highest BCUT2D eigenvalue weighted by molar-refractivity contribution is 9.10. The van der Waals surface area contributed by atoms with E-state index in [2.05, 4.69) is 50.4 Å². The van der Waals surface area contributed by atoms with E-state index in [1.807, 2.05) is 6.07 Å². The second-order valence-electron chi connectivity index (χ2n) is 4.80. The Labute approximate surface area is 120 Å². The summed E-state index contributed by atoms with van der Waals surface area (Å²) in [5.41, 5.74) is 7.18. The number of hydrogen-bond donors (Lipinski definition) is 2. The highest BCUT2D eigenvalue weighted by Crippen LogP contribution is 2.32. The summed E-state index contributed by atoms with van der Waals surface area (Å²) in [6.45, 7) is 2.06. The van der Waals surface area contributed by atoms with Crippen molar-refractivity contribution in [2.45, 2.75) is 26.2 Å². The van der Waals surface area contributed by atoms with E-state index < -0.39 is 0 Å². The first kappa shape index (κ1) is 12.6. The largest absolute Gasteiger partial charge is 0.308 e. The summed E-state index contributed by atoms with van der Waals surface area (Å²) in [6.07, 6.45) is 3.13. The molecule has 0 aliphatic heterocycles. The van der Waals surface area contributed by atoms with Crippen molar-refractivity contribution in [2.24, 2.45) is 5.84 Å². The maximum absolute atomic E-state index is 5.58. The summed E-state index contributed by atoms with van der Waals surface area (Å²) in [5.74, 6) is 7.06. The van der Waals surface area contributed by atoms with Crippen LogP contribution in [0.15, 0.2) is 22.7 Å². The van der Waals surface area contributed by atoms with Gasteiger partial charge in [0.2, 0.25) is 0 Å². The van der Waals surface area contributed by atoms with Gasteiger partial charge in [-0.2, -0.15) is 0 Å². The molecule has 1 aliphatic rings. The molecule has 1 heterocycles. The predicted octanol–water partition coefficient (Wildman–Crippen LogP) is 2.99. The number of benzene rings is 1. The third-order valence-corrected chi connectivity index (χ3v) is 4.09. The molecule has 3 N–H and O–H groups in total. The van der Waals surface area contributed by atoms with Gasteiger partial charge in [0.1, 0.15) is 5.82 Å². The van der Waals surface area contributed by atoms with Gasteiger partial charge < -0.3 is 5.43 Å². The molecule has 0 fully saturated rings. The number of fused-ring (bicyclic) bond motifs is 1. The minimum atomic E-state index is 0.723. The van der Waals surface area contributed by atoms with Crippen molar-refractivity contribution < 1.29 is 0 Å². The SMILES string of the molecule is Cc1ccc(-c2nc3c(c(NN)n2)CCC3)c(Br)c1. The van der Waals surface area contributed by atoms with E-state index >= 15 is 0 Å². The summed E-state index contributed by atoms with van der Waals surface area (Å²) in [5, 5.41) is 0. The van der Waals surface area contributed by atoms with E-state index in [0.717, 1.165) is 52.2 Å². The van der Waals surface area contributed by atoms with Crippen LogP contribution in [0.5, 0.6) is 0 Å². The van der Waals surface area contributed by atoms with Crippen LogP contribution in [0.3, 0.4) is 0 Å². The van der Waals surface area contributed by atoms with Gasteiger partial charge in [-0.1, -0.05) is 22.0 Å². The highest BCUT2D eigenvalue weighted by Gasteiger charge is 2.20. The first-order chi connectivity index (χ1) is 9.19. The second-order valence-corrected chi connectivity index (χ2v) is 5.66. The molecule has 1 aromatic carbocycles. The third-order valence-electron chi connectivity index (χ3n) is 3.44. The zero-order chi connectivity index (χ0) is 13.4. The lowest BCUT2D eigenvalue weighted by Crippen LogP contribution is -2.12. The Bertz CT molecular complexity index is 640. The Morgan fingerprint density at radius 2 is 2.11 bits per heavy atom. The number of hydrazine groups is 1. The number of aryl methyl sites for hydroxylation is 2. The van der Waals surface area contributed by atoms with Crippen molar-refractivity contribution in [3.63, 3.8) is 0 Å². The minimum Gasteiger partial charge on any atom is -0.308 e. The van der Waals surface area contributed by atoms with Gasteiger partial charge >= 0.3 is 0 Å². The van der Waals surface area contributed by atoms with Gasteiger partial charge in [-0.15, -0.1) is 0 Å². The standard InChI is InChI=1S/C14H15BrN4/c1-8-5-6-9(11(15)7-8)13-17-12-4-2-3-10(12)14(18-13)19-16/h5-7H,2-4,16H2,1H3,(H,17,18,19). The van der Waals surface area contributed by atoms with Crippen molar-refractivity contribution in [1.29, 1.82) is 0 Å². The molecule has 0 amide bonds. The summed E-state index contributed by atoms with van der Waals surface area (Å²) in [6, 6.07) is 6.17. The van der Waals surface area contributed by atoms with E-state index in [9.17, 15) is 0 Å².